The van der Waals surface area contributed by atoms with E-state index in [0.29, 0.717) is 25.4 Å². The van der Waals surface area contributed by atoms with Crippen LogP contribution in [0.1, 0.15) is 12.0 Å². The fourth-order valence-electron chi connectivity index (χ4n) is 4.15. The van der Waals surface area contributed by atoms with Gasteiger partial charge in [0.25, 0.3) is 0 Å². The van der Waals surface area contributed by atoms with E-state index in [-0.39, 0.29) is 18.6 Å². The van der Waals surface area contributed by atoms with Crippen molar-refractivity contribution in [3.05, 3.63) is 48.0 Å². The molecule has 0 radical (unpaired) electrons. The van der Waals surface area contributed by atoms with Crippen LogP contribution in [-0.4, -0.2) is 32.4 Å². The van der Waals surface area contributed by atoms with Crippen LogP contribution in [0.4, 0.5) is 5.69 Å². The van der Waals surface area contributed by atoms with Crippen LogP contribution in [0.5, 0.6) is 17.2 Å². The van der Waals surface area contributed by atoms with Gasteiger partial charge in [-0.2, -0.15) is 0 Å². The molecule has 0 bridgehead atoms. The lowest BCUT2D eigenvalue weighted by molar-refractivity contribution is -0.121. The normalized spacial score (nSPS) is 25.4. The summed E-state index contributed by atoms with van der Waals surface area (Å²) in [5, 5.41) is 0. The zero-order valence-corrected chi connectivity index (χ0v) is 14.3. The second kappa shape index (κ2) is 5.64. The fourth-order valence-corrected chi connectivity index (χ4v) is 4.15. The van der Waals surface area contributed by atoms with Crippen LogP contribution < -0.4 is 24.8 Å². The number of rotatable bonds is 3. The number of carbonyl (C=O) groups excluding carboxylic acids is 1. The monoisotopic (exact) mass is 352 g/mol. The number of nitrogens with zero attached hydrogens (tertiary/aromatic N) is 1. The van der Waals surface area contributed by atoms with E-state index < -0.39 is 5.41 Å². The highest BCUT2D eigenvalue weighted by Gasteiger charge is 2.62. The zero-order chi connectivity index (χ0) is 17.7. The number of ether oxygens (including phenoxy) is 3. The summed E-state index contributed by atoms with van der Waals surface area (Å²) in [5.41, 5.74) is 7.15. The third kappa shape index (κ3) is 2.12. The Balaban J connectivity index is 1.55. The number of hydrogen-bond donors (Lipinski definition) is 1. The third-order valence-corrected chi connectivity index (χ3v) is 5.63. The molecule has 2 aromatic rings. The molecular weight excluding hydrogens is 332 g/mol. The molecule has 134 valence electrons. The molecular formula is C20H20N2O4. The van der Waals surface area contributed by atoms with Gasteiger partial charge in [0, 0.05) is 0 Å². The van der Waals surface area contributed by atoms with Crippen molar-refractivity contribution < 1.29 is 19.0 Å². The number of anilines is 1. The summed E-state index contributed by atoms with van der Waals surface area (Å²) in [4.78, 5) is 15.5. The Morgan fingerprint density at radius 3 is 2.81 bits per heavy atom. The molecule has 2 aliphatic heterocycles. The number of benzene rings is 2. The topological polar surface area (TPSA) is 74.0 Å². The molecule has 1 fully saturated rings. The molecule has 1 saturated carbocycles. The van der Waals surface area contributed by atoms with E-state index >= 15 is 0 Å². The number of fused-ring (bicyclic) bond motifs is 2. The van der Waals surface area contributed by atoms with Gasteiger partial charge in [-0.15, -0.1) is 0 Å². The molecule has 0 aromatic heterocycles. The van der Waals surface area contributed by atoms with Crippen LogP contribution >= 0.6 is 0 Å². The first-order chi connectivity index (χ1) is 12.7. The van der Waals surface area contributed by atoms with E-state index in [4.69, 9.17) is 19.9 Å². The van der Waals surface area contributed by atoms with Crippen molar-refractivity contribution >= 4 is 11.6 Å². The van der Waals surface area contributed by atoms with Crippen molar-refractivity contribution in [2.24, 2.45) is 11.7 Å². The van der Waals surface area contributed by atoms with Gasteiger partial charge >= 0.3 is 0 Å². The summed E-state index contributed by atoms with van der Waals surface area (Å²) in [5.74, 6) is 2.38. The van der Waals surface area contributed by atoms with Crippen molar-refractivity contribution in [1.82, 2.24) is 0 Å². The molecule has 2 aromatic carbocycles. The highest BCUT2D eigenvalue weighted by Crippen LogP contribution is 2.57. The van der Waals surface area contributed by atoms with Crippen molar-refractivity contribution in [2.45, 2.75) is 11.8 Å². The van der Waals surface area contributed by atoms with Crippen LogP contribution in [0, 0.1) is 5.92 Å². The standard InChI is InChI=1S/C20H20N2O4/c21-11-14-10-20(14,13-5-6-17-18(9-13)26-12-25-17)19(23)22-7-8-24-16-4-2-1-3-15(16)22/h1-6,9,14H,7-8,10-12,21H2/t14-,20+/m0/s1. The molecule has 3 aliphatic rings. The average molecular weight is 352 g/mol. The summed E-state index contributed by atoms with van der Waals surface area (Å²) in [6.45, 7) is 1.73. The SMILES string of the molecule is NC[C@@H]1C[C@@]1(C(=O)N1CCOc2ccccc21)c1ccc2c(c1)OCO2. The van der Waals surface area contributed by atoms with Gasteiger partial charge in [-0.3, -0.25) is 4.79 Å². The molecule has 2 heterocycles. The predicted molar refractivity (Wildman–Crippen MR) is 95.7 cm³/mol. The van der Waals surface area contributed by atoms with Crippen LogP contribution in [0.2, 0.25) is 0 Å². The van der Waals surface area contributed by atoms with Crippen LogP contribution in [0.25, 0.3) is 0 Å². The molecule has 0 unspecified atom stereocenters. The fraction of sp³-hybridized carbons (Fsp3) is 0.350. The number of para-hydroxylation sites is 2. The highest BCUT2D eigenvalue weighted by atomic mass is 16.7. The molecule has 6 nitrogen and oxygen atoms in total. The van der Waals surface area contributed by atoms with Crippen molar-refractivity contribution in [2.75, 3.05) is 31.4 Å². The third-order valence-electron chi connectivity index (χ3n) is 5.63. The number of carbonyl (C=O) groups is 1. The van der Waals surface area contributed by atoms with Crippen molar-refractivity contribution in [3.63, 3.8) is 0 Å². The molecule has 2 N–H and O–H groups in total. The van der Waals surface area contributed by atoms with E-state index in [1.807, 2.05) is 47.4 Å². The highest BCUT2D eigenvalue weighted by molar-refractivity contribution is 6.05. The molecule has 0 saturated heterocycles. The lowest BCUT2D eigenvalue weighted by atomic mass is 9.90. The van der Waals surface area contributed by atoms with E-state index in [1.165, 1.54) is 0 Å². The molecule has 0 spiro atoms. The largest absolute Gasteiger partial charge is 0.490 e. The van der Waals surface area contributed by atoms with Crippen molar-refractivity contribution in [3.8, 4) is 17.2 Å². The van der Waals surface area contributed by atoms with E-state index in [9.17, 15) is 4.79 Å². The molecule has 5 rings (SSSR count). The van der Waals surface area contributed by atoms with Crippen LogP contribution in [-0.2, 0) is 10.2 Å². The maximum absolute atomic E-state index is 13.7. The van der Waals surface area contributed by atoms with Crippen molar-refractivity contribution in [1.29, 1.82) is 0 Å². The van der Waals surface area contributed by atoms with E-state index in [2.05, 4.69) is 0 Å². The molecule has 1 amide bonds. The van der Waals surface area contributed by atoms with Crippen LogP contribution in [0.3, 0.4) is 0 Å². The Labute approximate surface area is 151 Å². The molecule has 1 aliphatic carbocycles. The van der Waals surface area contributed by atoms with Gasteiger partial charge in [0.1, 0.15) is 12.4 Å². The lowest BCUT2D eigenvalue weighted by Crippen LogP contribution is -2.45. The van der Waals surface area contributed by atoms with Gasteiger partial charge in [0.15, 0.2) is 11.5 Å². The minimum Gasteiger partial charge on any atom is -0.490 e. The maximum atomic E-state index is 13.7. The second-order valence-corrected chi connectivity index (χ2v) is 6.95. The first kappa shape index (κ1) is 15.5. The number of hydrogen-bond acceptors (Lipinski definition) is 5. The maximum Gasteiger partial charge on any atom is 0.238 e. The molecule has 26 heavy (non-hydrogen) atoms. The summed E-state index contributed by atoms with van der Waals surface area (Å²) in [6, 6.07) is 13.4. The van der Waals surface area contributed by atoms with Gasteiger partial charge in [0.05, 0.1) is 17.6 Å². The smallest absolute Gasteiger partial charge is 0.238 e. The Morgan fingerprint density at radius 1 is 1.12 bits per heavy atom. The number of amides is 1. The summed E-state index contributed by atoms with van der Waals surface area (Å²) in [6.07, 6.45) is 0.751. The summed E-state index contributed by atoms with van der Waals surface area (Å²) in [7, 11) is 0. The van der Waals surface area contributed by atoms with Gasteiger partial charge < -0.3 is 24.8 Å². The van der Waals surface area contributed by atoms with Gasteiger partial charge in [0.2, 0.25) is 12.7 Å². The Hall–Kier alpha value is -2.73. The summed E-state index contributed by atoms with van der Waals surface area (Å²) >= 11 is 0. The minimum atomic E-state index is -0.597. The van der Waals surface area contributed by atoms with E-state index in [0.717, 1.165) is 29.2 Å². The van der Waals surface area contributed by atoms with Gasteiger partial charge in [-0.1, -0.05) is 18.2 Å². The Bertz CT molecular complexity index is 884. The van der Waals surface area contributed by atoms with Gasteiger partial charge in [-0.25, -0.2) is 0 Å². The Morgan fingerprint density at radius 2 is 1.96 bits per heavy atom. The van der Waals surface area contributed by atoms with E-state index in [1.54, 1.807) is 0 Å². The quantitative estimate of drug-likeness (QED) is 0.915. The lowest BCUT2D eigenvalue weighted by Gasteiger charge is -2.33. The Kier molecular flexibility index (Phi) is 3.37. The zero-order valence-electron chi connectivity index (χ0n) is 14.3. The first-order valence-corrected chi connectivity index (χ1v) is 8.88. The minimum absolute atomic E-state index is 0.0857. The number of nitrogens with two attached hydrogens (primary N) is 1. The molecule has 2 atom stereocenters. The average Bonchev–Trinajstić information content (AvgIpc) is 3.26. The first-order valence-electron chi connectivity index (χ1n) is 8.88. The predicted octanol–water partition coefficient (Wildman–Crippen LogP) is 2.06. The van der Waals surface area contributed by atoms with Gasteiger partial charge in [-0.05, 0) is 48.7 Å². The molecule has 6 heteroatoms. The summed E-state index contributed by atoms with van der Waals surface area (Å²) < 4.78 is 16.6. The second-order valence-electron chi connectivity index (χ2n) is 6.95. The van der Waals surface area contributed by atoms with Crippen LogP contribution in [0.15, 0.2) is 42.5 Å².